The number of nitrogens with zero attached hydrogens (tertiary/aromatic N) is 1. The van der Waals surface area contributed by atoms with Gasteiger partial charge in [-0.15, -0.1) is 0 Å². The largest absolute Gasteiger partial charge is 0.437 e. The molecule has 1 aromatic rings. The van der Waals surface area contributed by atoms with Crippen molar-refractivity contribution in [2.45, 2.75) is 31.3 Å². The van der Waals surface area contributed by atoms with Crippen LogP contribution in [0.5, 0.6) is 0 Å². The average Bonchev–Trinajstić information content (AvgIpc) is 3.11. The summed E-state index contributed by atoms with van der Waals surface area (Å²) in [6, 6.07) is 1.79. The number of carbonyl (C=O) groups is 1. The van der Waals surface area contributed by atoms with Gasteiger partial charge in [0.2, 0.25) is 0 Å². The number of anilines is 1. The molecule has 4 nitrogen and oxygen atoms in total. The van der Waals surface area contributed by atoms with E-state index in [9.17, 15) is 9.18 Å². The van der Waals surface area contributed by atoms with E-state index in [2.05, 4.69) is 19.5 Å². The van der Waals surface area contributed by atoms with E-state index in [1.54, 1.807) is 12.3 Å². The topological polar surface area (TPSA) is 51.2 Å². The van der Waals surface area contributed by atoms with Gasteiger partial charge in [-0.2, -0.15) is 0 Å². The number of hydrogen-bond donors (Lipinski definition) is 1. The molecule has 0 radical (unpaired) electrons. The summed E-state index contributed by atoms with van der Waals surface area (Å²) in [7, 11) is 2.22. The smallest absolute Gasteiger partial charge is 0.413 e. The van der Waals surface area contributed by atoms with Crippen molar-refractivity contribution in [2.75, 3.05) is 5.32 Å². The first kappa shape index (κ1) is 11.8. The Kier molecular flexibility index (Phi) is 2.56. The second-order valence-electron chi connectivity index (χ2n) is 4.90. The summed E-state index contributed by atoms with van der Waals surface area (Å²) in [6.07, 6.45) is 1.71. The monoisotopic (exact) mass is 268 g/mol. The van der Waals surface area contributed by atoms with Gasteiger partial charge in [-0.3, -0.25) is 5.32 Å². The number of ether oxygens (including phenoxy) is 1. The highest BCUT2D eigenvalue weighted by atomic mass is 31.0. The number of carbonyl (C=O) groups excluding carboxylic acids is 1. The number of aryl methyl sites for hydroxylation is 1. The molecule has 1 aliphatic carbocycles. The summed E-state index contributed by atoms with van der Waals surface area (Å²) in [5.74, 6) is 0.340. The Hall–Kier alpha value is -1.22. The second kappa shape index (κ2) is 3.89. The lowest BCUT2D eigenvalue weighted by atomic mass is 9.97. The first-order valence-electron chi connectivity index (χ1n) is 5.91. The fourth-order valence-corrected chi connectivity index (χ4v) is 2.91. The molecule has 0 aromatic carbocycles. The number of amides is 1. The maximum atomic E-state index is 14.8. The van der Waals surface area contributed by atoms with Gasteiger partial charge in [0.05, 0.1) is 0 Å². The summed E-state index contributed by atoms with van der Waals surface area (Å²) in [6.45, 7) is 1.86. The van der Waals surface area contributed by atoms with E-state index >= 15 is 0 Å². The molecule has 96 valence electrons. The maximum absolute atomic E-state index is 14.8. The molecular weight excluding hydrogens is 254 g/mol. The number of cyclic esters (lactones) is 1. The Bertz CT molecular complexity index is 517. The van der Waals surface area contributed by atoms with Gasteiger partial charge in [0.1, 0.15) is 5.82 Å². The summed E-state index contributed by atoms with van der Waals surface area (Å²) in [5, 5.41) is 0.903. The predicted molar refractivity (Wildman–Crippen MR) is 68.1 cm³/mol. The van der Waals surface area contributed by atoms with Crippen LogP contribution in [0.15, 0.2) is 12.3 Å². The zero-order chi connectivity index (χ0) is 12.9. The molecule has 18 heavy (non-hydrogen) atoms. The van der Waals surface area contributed by atoms with Gasteiger partial charge in [0.25, 0.3) is 0 Å². The normalized spacial score (nSPS) is 25.7. The molecule has 1 aromatic heterocycles. The molecule has 1 saturated carbocycles. The quantitative estimate of drug-likeness (QED) is 0.839. The Labute approximate surface area is 107 Å². The van der Waals surface area contributed by atoms with Crippen LogP contribution in [0.25, 0.3) is 0 Å². The standard InChI is InChI=1S/C12H14FN2O2P/c1-6-4-5-14-10-8(6)9(17-11(16)15-10)12(13,18)7-2-3-7/h4-5,7,9H,2-3,18H2,1H3,(H,14,15,16). The van der Waals surface area contributed by atoms with Gasteiger partial charge in [-0.05, 0) is 31.4 Å². The summed E-state index contributed by atoms with van der Waals surface area (Å²) in [5.41, 5.74) is 1.51. The van der Waals surface area contributed by atoms with Crippen molar-refractivity contribution in [3.05, 3.63) is 23.4 Å². The van der Waals surface area contributed by atoms with Gasteiger partial charge >= 0.3 is 6.09 Å². The van der Waals surface area contributed by atoms with Gasteiger partial charge in [-0.25, -0.2) is 14.2 Å². The van der Waals surface area contributed by atoms with Crippen LogP contribution in [0.2, 0.25) is 0 Å². The van der Waals surface area contributed by atoms with Crippen molar-refractivity contribution in [1.29, 1.82) is 0 Å². The molecule has 1 fully saturated rings. The SMILES string of the molecule is Cc1ccnc2c1C(C(F)(P)C1CC1)OC(=O)N2. The average molecular weight is 268 g/mol. The first-order chi connectivity index (χ1) is 8.50. The fraction of sp³-hybridized carbons (Fsp3) is 0.500. The van der Waals surface area contributed by atoms with Crippen molar-refractivity contribution in [3.8, 4) is 0 Å². The minimum atomic E-state index is -1.61. The summed E-state index contributed by atoms with van der Waals surface area (Å²) < 4.78 is 20.0. The number of nitrogens with one attached hydrogen (secondary N) is 1. The molecule has 1 amide bonds. The zero-order valence-electron chi connectivity index (χ0n) is 9.94. The van der Waals surface area contributed by atoms with E-state index in [1.165, 1.54) is 0 Å². The molecule has 3 unspecified atom stereocenters. The molecular formula is C12H14FN2O2P. The molecule has 0 saturated heterocycles. The molecule has 2 heterocycles. The number of halogens is 1. The van der Waals surface area contributed by atoms with Crippen molar-refractivity contribution in [1.82, 2.24) is 4.98 Å². The molecule has 0 bridgehead atoms. The van der Waals surface area contributed by atoms with E-state index in [4.69, 9.17) is 4.74 Å². The van der Waals surface area contributed by atoms with E-state index in [1.807, 2.05) is 6.92 Å². The number of aromatic nitrogens is 1. The molecule has 1 N–H and O–H groups in total. The Balaban J connectivity index is 2.09. The lowest BCUT2D eigenvalue weighted by Gasteiger charge is -2.34. The Morgan fingerprint density at radius 2 is 2.33 bits per heavy atom. The Morgan fingerprint density at radius 3 is 3.00 bits per heavy atom. The van der Waals surface area contributed by atoms with Gasteiger partial charge in [-0.1, -0.05) is 9.24 Å². The molecule has 2 aliphatic rings. The van der Waals surface area contributed by atoms with Crippen molar-refractivity contribution < 1.29 is 13.9 Å². The third-order valence-corrected chi connectivity index (χ3v) is 4.29. The number of alkyl halides is 1. The number of rotatable bonds is 2. The van der Waals surface area contributed by atoms with Crippen LogP contribution >= 0.6 is 9.24 Å². The van der Waals surface area contributed by atoms with Crippen LogP contribution in [-0.2, 0) is 4.74 Å². The van der Waals surface area contributed by atoms with Crippen LogP contribution < -0.4 is 5.32 Å². The highest BCUT2D eigenvalue weighted by molar-refractivity contribution is 7.18. The van der Waals surface area contributed by atoms with Gasteiger partial charge < -0.3 is 4.74 Å². The maximum Gasteiger partial charge on any atom is 0.413 e. The molecule has 6 heteroatoms. The highest BCUT2D eigenvalue weighted by Gasteiger charge is 2.53. The van der Waals surface area contributed by atoms with Crippen molar-refractivity contribution in [2.24, 2.45) is 5.92 Å². The third-order valence-electron chi connectivity index (χ3n) is 3.52. The molecule has 0 spiro atoms. The third kappa shape index (κ3) is 1.77. The molecule has 1 aliphatic heterocycles. The number of fused-ring (bicyclic) bond motifs is 1. The van der Waals surface area contributed by atoms with E-state index in [0.717, 1.165) is 18.4 Å². The molecule has 3 atom stereocenters. The minimum Gasteiger partial charge on any atom is -0.437 e. The van der Waals surface area contributed by atoms with Crippen molar-refractivity contribution in [3.63, 3.8) is 0 Å². The van der Waals surface area contributed by atoms with Gasteiger partial charge in [0, 0.05) is 17.7 Å². The number of hydrogen-bond acceptors (Lipinski definition) is 3. The van der Waals surface area contributed by atoms with Crippen LogP contribution in [0.4, 0.5) is 15.0 Å². The number of pyridine rings is 1. The van der Waals surface area contributed by atoms with Crippen LogP contribution in [0, 0.1) is 12.8 Å². The lowest BCUT2D eigenvalue weighted by molar-refractivity contribution is 0.0187. The fourth-order valence-electron chi connectivity index (χ4n) is 2.34. The highest BCUT2D eigenvalue weighted by Crippen LogP contribution is 2.55. The first-order valence-corrected chi connectivity index (χ1v) is 6.49. The summed E-state index contributed by atoms with van der Waals surface area (Å²) in [4.78, 5) is 15.6. The minimum absolute atomic E-state index is 0.0640. The van der Waals surface area contributed by atoms with Crippen LogP contribution in [0.1, 0.15) is 30.1 Å². The van der Waals surface area contributed by atoms with Crippen LogP contribution in [0.3, 0.4) is 0 Å². The van der Waals surface area contributed by atoms with Crippen LogP contribution in [-0.4, -0.2) is 16.5 Å². The second-order valence-corrected chi connectivity index (χ2v) is 5.79. The van der Waals surface area contributed by atoms with E-state index in [-0.39, 0.29) is 5.92 Å². The van der Waals surface area contributed by atoms with E-state index in [0.29, 0.717) is 11.4 Å². The Morgan fingerprint density at radius 1 is 1.61 bits per heavy atom. The van der Waals surface area contributed by atoms with Gasteiger partial charge in [0.15, 0.2) is 11.5 Å². The molecule has 3 rings (SSSR count). The zero-order valence-corrected chi connectivity index (χ0v) is 11.1. The predicted octanol–water partition coefficient (Wildman–Crippen LogP) is 2.94. The lowest BCUT2D eigenvalue weighted by Crippen LogP contribution is -2.37. The van der Waals surface area contributed by atoms with Crippen molar-refractivity contribution >= 4 is 21.2 Å². The van der Waals surface area contributed by atoms with E-state index < -0.39 is 17.6 Å². The summed E-state index contributed by atoms with van der Waals surface area (Å²) >= 11 is 0.